The van der Waals surface area contributed by atoms with E-state index in [9.17, 15) is 19.2 Å². The molecule has 12 heteroatoms. The SMILES string of the molecule is CC.CC.COCCOC(=O)OCCOC(=O)CC(=O)OCCOC(=O)OCCO. The average molecular weight is 442 g/mol. The first-order valence-electron chi connectivity index (χ1n) is 9.49. The number of aliphatic hydroxyl groups is 1. The highest BCUT2D eigenvalue weighted by atomic mass is 16.7. The molecule has 0 unspecified atom stereocenters. The predicted molar refractivity (Wildman–Crippen MR) is 103 cm³/mol. The van der Waals surface area contributed by atoms with Crippen molar-refractivity contribution in [3.8, 4) is 0 Å². The molecule has 0 aliphatic heterocycles. The van der Waals surface area contributed by atoms with Crippen molar-refractivity contribution in [1.82, 2.24) is 0 Å². The molecule has 178 valence electrons. The summed E-state index contributed by atoms with van der Waals surface area (Å²) in [4.78, 5) is 44.5. The molecule has 0 bridgehead atoms. The molecule has 0 aliphatic rings. The van der Waals surface area contributed by atoms with Crippen LogP contribution in [0, 0.1) is 0 Å². The standard InChI is InChI=1S/C14H22O12.2C2H6/c1-20-4-5-24-14(19)26-9-7-22-12(17)10-11(16)21-6-8-25-13(18)23-3-2-15;2*1-2/h15H,2-10H2,1H3;2*1-2H3. The van der Waals surface area contributed by atoms with Crippen molar-refractivity contribution in [2.45, 2.75) is 34.1 Å². The fourth-order valence-electron chi connectivity index (χ4n) is 1.20. The van der Waals surface area contributed by atoms with Gasteiger partial charge >= 0.3 is 24.2 Å². The van der Waals surface area contributed by atoms with Gasteiger partial charge in [0.25, 0.3) is 0 Å². The van der Waals surface area contributed by atoms with Crippen molar-refractivity contribution in [2.75, 3.05) is 60.0 Å². The first-order chi connectivity index (χ1) is 14.5. The Morgan fingerprint density at radius 2 is 0.900 bits per heavy atom. The Hall–Kier alpha value is -2.60. The molecule has 0 aromatic heterocycles. The highest BCUT2D eigenvalue weighted by Gasteiger charge is 2.13. The smallest absolute Gasteiger partial charge is 0.462 e. The maximum Gasteiger partial charge on any atom is 0.508 e. The van der Waals surface area contributed by atoms with Gasteiger partial charge in [-0.25, -0.2) is 9.59 Å². The summed E-state index contributed by atoms with van der Waals surface area (Å²) >= 11 is 0. The number of esters is 2. The summed E-state index contributed by atoms with van der Waals surface area (Å²) in [7, 11) is 1.44. The summed E-state index contributed by atoms with van der Waals surface area (Å²) in [6, 6.07) is 0. The topological polar surface area (TPSA) is 153 Å². The molecule has 0 aliphatic carbocycles. The monoisotopic (exact) mass is 442 g/mol. The summed E-state index contributed by atoms with van der Waals surface area (Å²) in [6.45, 7) is 6.65. The molecular weight excluding hydrogens is 408 g/mol. The number of rotatable bonds is 13. The van der Waals surface area contributed by atoms with Gasteiger partial charge in [-0.3, -0.25) is 9.59 Å². The fraction of sp³-hybridized carbons (Fsp3) is 0.778. The third-order valence-corrected chi connectivity index (χ3v) is 2.24. The first-order valence-corrected chi connectivity index (χ1v) is 9.49. The second-order valence-corrected chi connectivity index (χ2v) is 4.23. The Bertz CT molecular complexity index is 439. The zero-order chi connectivity index (χ0) is 23.6. The second kappa shape index (κ2) is 26.4. The van der Waals surface area contributed by atoms with Crippen LogP contribution in [0.1, 0.15) is 34.1 Å². The van der Waals surface area contributed by atoms with E-state index in [1.807, 2.05) is 27.7 Å². The van der Waals surface area contributed by atoms with E-state index in [0.29, 0.717) is 0 Å². The van der Waals surface area contributed by atoms with E-state index < -0.39 is 30.7 Å². The van der Waals surface area contributed by atoms with Crippen molar-refractivity contribution in [1.29, 1.82) is 0 Å². The van der Waals surface area contributed by atoms with Gasteiger partial charge in [-0.2, -0.15) is 0 Å². The lowest BCUT2D eigenvalue weighted by molar-refractivity contribution is -0.156. The largest absolute Gasteiger partial charge is 0.508 e. The number of hydrogen-bond donors (Lipinski definition) is 1. The molecular formula is C18H34O12. The zero-order valence-electron chi connectivity index (χ0n) is 18.3. The van der Waals surface area contributed by atoms with Crippen LogP contribution in [0.25, 0.3) is 0 Å². The van der Waals surface area contributed by atoms with Crippen LogP contribution in [-0.4, -0.2) is 89.3 Å². The van der Waals surface area contributed by atoms with Crippen LogP contribution in [0.2, 0.25) is 0 Å². The van der Waals surface area contributed by atoms with E-state index in [1.54, 1.807) is 0 Å². The number of carbonyl (C=O) groups excluding carboxylic acids is 4. The minimum absolute atomic E-state index is 0.0316. The lowest BCUT2D eigenvalue weighted by atomic mass is 10.4. The van der Waals surface area contributed by atoms with Gasteiger partial charge in [-0.15, -0.1) is 0 Å². The lowest BCUT2D eigenvalue weighted by Crippen LogP contribution is -2.20. The van der Waals surface area contributed by atoms with Crippen molar-refractivity contribution in [3.05, 3.63) is 0 Å². The molecule has 30 heavy (non-hydrogen) atoms. The number of aliphatic hydroxyl groups excluding tert-OH is 1. The number of hydrogen-bond acceptors (Lipinski definition) is 12. The van der Waals surface area contributed by atoms with Gasteiger partial charge in [0.1, 0.15) is 46.1 Å². The Morgan fingerprint density at radius 1 is 0.567 bits per heavy atom. The van der Waals surface area contributed by atoms with Crippen LogP contribution in [0.5, 0.6) is 0 Å². The second-order valence-electron chi connectivity index (χ2n) is 4.23. The molecule has 0 spiro atoms. The van der Waals surface area contributed by atoms with E-state index in [0.717, 1.165) is 0 Å². The fourth-order valence-corrected chi connectivity index (χ4v) is 1.20. The molecule has 12 nitrogen and oxygen atoms in total. The Balaban J connectivity index is -0.00000171. The summed E-state index contributed by atoms with van der Waals surface area (Å²) in [5.41, 5.74) is 0. The average Bonchev–Trinajstić information content (AvgIpc) is 2.76. The maximum atomic E-state index is 11.3. The molecule has 0 fully saturated rings. The summed E-state index contributed by atoms with van der Waals surface area (Å²) < 4.78 is 32.0. The molecule has 0 saturated carbocycles. The van der Waals surface area contributed by atoms with Gasteiger partial charge in [0, 0.05) is 7.11 Å². The van der Waals surface area contributed by atoms with Gasteiger partial charge in [0.15, 0.2) is 0 Å². The summed E-state index contributed by atoms with van der Waals surface area (Å²) in [6.07, 6.45) is -2.61. The van der Waals surface area contributed by atoms with E-state index in [-0.39, 0.29) is 52.9 Å². The van der Waals surface area contributed by atoms with E-state index >= 15 is 0 Å². The van der Waals surface area contributed by atoms with E-state index in [4.69, 9.17) is 5.11 Å². The molecule has 0 radical (unpaired) electrons. The Kier molecular flexibility index (Phi) is 28.2. The molecule has 0 aromatic rings. The van der Waals surface area contributed by atoms with Crippen LogP contribution in [-0.2, 0) is 42.7 Å². The van der Waals surface area contributed by atoms with E-state index in [2.05, 4.69) is 33.2 Å². The van der Waals surface area contributed by atoms with Gasteiger partial charge in [-0.1, -0.05) is 27.7 Å². The Morgan fingerprint density at radius 3 is 1.27 bits per heavy atom. The Labute approximate surface area is 176 Å². The summed E-state index contributed by atoms with van der Waals surface area (Å²) in [5, 5.41) is 8.41. The van der Waals surface area contributed by atoms with Crippen molar-refractivity contribution in [2.24, 2.45) is 0 Å². The van der Waals surface area contributed by atoms with Gasteiger partial charge in [0.05, 0.1) is 13.2 Å². The lowest BCUT2D eigenvalue weighted by Gasteiger charge is -2.08. The molecule has 0 rings (SSSR count). The maximum absolute atomic E-state index is 11.3. The highest BCUT2D eigenvalue weighted by Crippen LogP contribution is 1.94. The van der Waals surface area contributed by atoms with Crippen LogP contribution in [0.15, 0.2) is 0 Å². The quantitative estimate of drug-likeness (QED) is 0.190. The predicted octanol–water partition coefficient (Wildman–Crippen LogP) is 1.46. The van der Waals surface area contributed by atoms with Gasteiger partial charge in [0.2, 0.25) is 0 Å². The van der Waals surface area contributed by atoms with Crippen LogP contribution >= 0.6 is 0 Å². The molecule has 0 heterocycles. The van der Waals surface area contributed by atoms with Crippen LogP contribution < -0.4 is 0 Å². The van der Waals surface area contributed by atoms with Crippen LogP contribution in [0.4, 0.5) is 9.59 Å². The molecule has 0 saturated heterocycles. The highest BCUT2D eigenvalue weighted by molar-refractivity contribution is 5.91. The number of ether oxygens (including phenoxy) is 7. The van der Waals surface area contributed by atoms with E-state index in [1.165, 1.54) is 7.11 Å². The number of methoxy groups -OCH3 is 1. The van der Waals surface area contributed by atoms with Gasteiger partial charge in [-0.05, 0) is 0 Å². The third kappa shape index (κ3) is 25.4. The van der Waals surface area contributed by atoms with Gasteiger partial charge < -0.3 is 38.3 Å². The van der Waals surface area contributed by atoms with Crippen molar-refractivity contribution < 1.29 is 57.4 Å². The normalized spacial score (nSPS) is 8.87. The van der Waals surface area contributed by atoms with Crippen LogP contribution in [0.3, 0.4) is 0 Å². The minimum atomic E-state index is -1.02. The molecule has 0 aromatic carbocycles. The first kappa shape index (κ1) is 32.1. The number of carbonyl (C=O) groups is 4. The molecule has 0 atom stereocenters. The third-order valence-electron chi connectivity index (χ3n) is 2.24. The minimum Gasteiger partial charge on any atom is -0.462 e. The van der Waals surface area contributed by atoms with Crippen molar-refractivity contribution >= 4 is 24.2 Å². The molecule has 1 N–H and O–H groups in total. The van der Waals surface area contributed by atoms with Crippen molar-refractivity contribution in [3.63, 3.8) is 0 Å². The zero-order valence-corrected chi connectivity index (χ0v) is 18.3. The molecule has 0 amide bonds. The summed E-state index contributed by atoms with van der Waals surface area (Å²) in [5.74, 6) is -1.77.